The second kappa shape index (κ2) is 7.76. The molecule has 1 unspecified atom stereocenters. The van der Waals surface area contributed by atoms with Crippen molar-refractivity contribution in [2.24, 2.45) is 11.8 Å². The Balaban J connectivity index is 1.95. The van der Waals surface area contributed by atoms with Crippen molar-refractivity contribution in [1.29, 1.82) is 0 Å². The van der Waals surface area contributed by atoms with Crippen LogP contribution in [0.5, 0.6) is 0 Å². The molecule has 2 heteroatoms. The van der Waals surface area contributed by atoms with Gasteiger partial charge in [0, 0.05) is 17.6 Å². The second-order valence-electron chi connectivity index (χ2n) is 8.09. The van der Waals surface area contributed by atoms with Gasteiger partial charge in [0.05, 0.1) is 0 Å². The van der Waals surface area contributed by atoms with Crippen molar-refractivity contribution >= 4 is 5.69 Å². The van der Waals surface area contributed by atoms with Crippen molar-refractivity contribution < 1.29 is 4.39 Å². The molecule has 1 nitrogen and oxygen atoms in total. The van der Waals surface area contributed by atoms with E-state index in [0.29, 0.717) is 17.8 Å². The first kappa shape index (κ1) is 18.2. The fourth-order valence-corrected chi connectivity index (χ4v) is 4.48. The second-order valence-corrected chi connectivity index (χ2v) is 8.09. The first-order chi connectivity index (χ1) is 12.0. The smallest absolute Gasteiger partial charge is 0.105 e. The van der Waals surface area contributed by atoms with E-state index in [9.17, 15) is 4.39 Å². The summed E-state index contributed by atoms with van der Waals surface area (Å²) in [5, 5.41) is 3.74. The van der Waals surface area contributed by atoms with E-state index in [0.717, 1.165) is 12.8 Å². The Morgan fingerprint density at radius 3 is 2.76 bits per heavy atom. The Morgan fingerprint density at radius 1 is 1.28 bits per heavy atom. The maximum Gasteiger partial charge on any atom is 0.105 e. The van der Waals surface area contributed by atoms with Crippen LogP contribution in [-0.4, -0.2) is 6.04 Å². The molecule has 2 aliphatic rings. The Labute approximate surface area is 152 Å². The minimum absolute atomic E-state index is 0.0350. The van der Waals surface area contributed by atoms with Crippen molar-refractivity contribution in [2.45, 2.75) is 71.3 Å². The summed E-state index contributed by atoms with van der Waals surface area (Å²) in [7, 11) is 0. The lowest BCUT2D eigenvalue weighted by Crippen LogP contribution is -2.43. The van der Waals surface area contributed by atoms with Gasteiger partial charge in [-0.05, 0) is 53.9 Å². The summed E-state index contributed by atoms with van der Waals surface area (Å²) < 4.78 is 14.6. The molecule has 0 radical (unpaired) electrons. The molecule has 1 aliphatic heterocycles. The van der Waals surface area contributed by atoms with E-state index >= 15 is 0 Å². The topological polar surface area (TPSA) is 12.0 Å². The van der Waals surface area contributed by atoms with E-state index in [1.165, 1.54) is 29.7 Å². The van der Waals surface area contributed by atoms with Crippen LogP contribution in [0.1, 0.15) is 76.3 Å². The first-order valence-corrected chi connectivity index (χ1v) is 9.95. The lowest BCUT2D eigenvalue weighted by Gasteiger charge is -2.43. The van der Waals surface area contributed by atoms with E-state index in [2.05, 4.69) is 57.3 Å². The molecule has 0 aromatic heterocycles. The molecule has 1 N–H and O–H groups in total. The van der Waals surface area contributed by atoms with E-state index in [-0.39, 0.29) is 17.8 Å². The fourth-order valence-electron chi connectivity index (χ4n) is 4.48. The van der Waals surface area contributed by atoms with Gasteiger partial charge in [-0.1, -0.05) is 64.8 Å². The lowest BCUT2D eigenvalue weighted by molar-refractivity contribution is 0.264. The van der Waals surface area contributed by atoms with Crippen LogP contribution in [0.25, 0.3) is 0 Å². The zero-order valence-electron chi connectivity index (χ0n) is 16.1. The normalized spacial score (nSPS) is 28.5. The van der Waals surface area contributed by atoms with Crippen molar-refractivity contribution in [2.75, 3.05) is 5.32 Å². The van der Waals surface area contributed by atoms with Gasteiger partial charge >= 0.3 is 0 Å². The quantitative estimate of drug-likeness (QED) is 0.611. The number of anilines is 1. The van der Waals surface area contributed by atoms with E-state index in [4.69, 9.17) is 0 Å². The maximum absolute atomic E-state index is 14.6. The zero-order valence-corrected chi connectivity index (χ0v) is 16.1. The molecule has 0 bridgehead atoms. The van der Waals surface area contributed by atoms with Crippen LogP contribution >= 0.6 is 0 Å². The third kappa shape index (κ3) is 3.68. The standard InChI is InChI=1S/C23H32FN/c1-5-6-9-18-16(4)20-14-17(15(2)3)12-13-22(20)25-23(18)19-10-7-8-11-21(19)24/h7-8,11-16,18-19,23,25H,5-6,9-10H2,1-4H3/t16-,18+,19?,23+/m0/s1. The molecular formula is C23H32FN. The number of unbranched alkanes of at least 4 members (excludes halogenated alkanes) is 1. The van der Waals surface area contributed by atoms with E-state index < -0.39 is 0 Å². The molecule has 0 fully saturated rings. The molecule has 0 saturated carbocycles. The molecule has 3 rings (SSSR count). The Morgan fingerprint density at radius 2 is 2.08 bits per heavy atom. The number of hydrogen-bond acceptors (Lipinski definition) is 1. The van der Waals surface area contributed by atoms with Crippen molar-refractivity contribution in [3.05, 3.63) is 53.4 Å². The van der Waals surface area contributed by atoms with Crippen LogP contribution in [0.3, 0.4) is 0 Å². The average Bonchev–Trinajstić information content (AvgIpc) is 2.61. The molecule has 0 saturated heterocycles. The lowest BCUT2D eigenvalue weighted by atomic mass is 9.70. The van der Waals surface area contributed by atoms with Gasteiger partial charge in [-0.25, -0.2) is 4.39 Å². The summed E-state index contributed by atoms with van der Waals surface area (Å²) in [4.78, 5) is 0. The van der Waals surface area contributed by atoms with Gasteiger partial charge in [0.15, 0.2) is 0 Å². The van der Waals surface area contributed by atoms with Crippen LogP contribution in [0.4, 0.5) is 10.1 Å². The average molecular weight is 342 g/mol. The van der Waals surface area contributed by atoms with Gasteiger partial charge in [-0.15, -0.1) is 0 Å². The fraction of sp³-hybridized carbons (Fsp3) is 0.565. The summed E-state index contributed by atoms with van der Waals surface area (Å²) in [6.07, 6.45) is 9.96. The SMILES string of the molecule is CCCC[C@@H]1[C@H](C)c2cc(C(C)C)ccc2N[C@H]1C1CC=CC=C1F. The largest absolute Gasteiger partial charge is 0.381 e. The molecule has 25 heavy (non-hydrogen) atoms. The number of rotatable bonds is 5. The molecule has 136 valence electrons. The predicted octanol–water partition coefficient (Wildman–Crippen LogP) is 6.94. The summed E-state index contributed by atoms with van der Waals surface area (Å²) in [6.45, 7) is 9.07. The van der Waals surface area contributed by atoms with Crippen LogP contribution in [0.2, 0.25) is 0 Å². The Bertz CT molecular complexity index is 658. The molecule has 4 atom stereocenters. The molecule has 1 aliphatic carbocycles. The van der Waals surface area contributed by atoms with Gasteiger partial charge in [0.25, 0.3) is 0 Å². The Kier molecular flexibility index (Phi) is 5.66. The third-order valence-electron chi connectivity index (χ3n) is 6.12. The van der Waals surface area contributed by atoms with E-state index in [1.807, 2.05) is 6.08 Å². The number of hydrogen-bond donors (Lipinski definition) is 1. The summed E-state index contributed by atoms with van der Waals surface area (Å²) in [5.74, 6) is 1.48. The summed E-state index contributed by atoms with van der Waals surface area (Å²) >= 11 is 0. The molecule has 1 heterocycles. The highest BCUT2D eigenvalue weighted by molar-refractivity contribution is 5.58. The van der Waals surface area contributed by atoms with Gasteiger partial charge < -0.3 is 5.32 Å². The number of nitrogens with one attached hydrogen (secondary N) is 1. The minimum atomic E-state index is -0.0350. The van der Waals surface area contributed by atoms with Gasteiger partial charge in [0.1, 0.15) is 5.83 Å². The predicted molar refractivity (Wildman–Crippen MR) is 106 cm³/mol. The maximum atomic E-state index is 14.6. The molecule has 0 amide bonds. The number of benzene rings is 1. The number of halogens is 1. The van der Waals surface area contributed by atoms with Crippen LogP contribution < -0.4 is 5.32 Å². The van der Waals surface area contributed by atoms with Crippen molar-refractivity contribution in [1.82, 2.24) is 0 Å². The van der Waals surface area contributed by atoms with Gasteiger partial charge in [0.2, 0.25) is 0 Å². The molecule has 0 spiro atoms. The molecular weight excluding hydrogens is 309 g/mol. The van der Waals surface area contributed by atoms with E-state index in [1.54, 1.807) is 6.08 Å². The third-order valence-corrected chi connectivity index (χ3v) is 6.12. The van der Waals surface area contributed by atoms with Crippen LogP contribution in [-0.2, 0) is 0 Å². The molecule has 1 aromatic rings. The summed E-state index contributed by atoms with van der Waals surface area (Å²) in [5.41, 5.74) is 4.02. The first-order valence-electron chi connectivity index (χ1n) is 9.95. The molecule has 1 aromatic carbocycles. The highest BCUT2D eigenvalue weighted by atomic mass is 19.1. The van der Waals surface area contributed by atoms with Gasteiger partial charge in [-0.3, -0.25) is 0 Å². The van der Waals surface area contributed by atoms with Crippen molar-refractivity contribution in [3.63, 3.8) is 0 Å². The minimum Gasteiger partial charge on any atom is -0.381 e. The monoisotopic (exact) mass is 341 g/mol. The zero-order chi connectivity index (χ0) is 18.0. The highest BCUT2D eigenvalue weighted by Gasteiger charge is 2.39. The Hall–Kier alpha value is -1.57. The van der Waals surface area contributed by atoms with Crippen LogP contribution in [0, 0.1) is 11.8 Å². The number of fused-ring (bicyclic) bond motifs is 1. The highest BCUT2D eigenvalue weighted by Crippen LogP contribution is 2.46. The number of allylic oxidation sites excluding steroid dienone is 3. The summed E-state index contributed by atoms with van der Waals surface area (Å²) in [6, 6.07) is 6.99. The van der Waals surface area contributed by atoms with Gasteiger partial charge in [-0.2, -0.15) is 0 Å². The van der Waals surface area contributed by atoms with Crippen LogP contribution in [0.15, 0.2) is 42.3 Å². The van der Waals surface area contributed by atoms with Crippen molar-refractivity contribution in [3.8, 4) is 0 Å².